The molecule has 0 atom stereocenters. The average Bonchev–Trinajstić information content (AvgIpc) is 3.53. The molecule has 0 bridgehead atoms. The van der Waals surface area contributed by atoms with E-state index in [2.05, 4.69) is 57.0 Å². The molecule has 0 amide bonds. The second kappa shape index (κ2) is 13.1. The first-order valence-electron chi connectivity index (χ1n) is 12.4. The van der Waals surface area contributed by atoms with Crippen molar-refractivity contribution in [2.75, 3.05) is 26.3 Å². The lowest BCUT2D eigenvalue weighted by Crippen LogP contribution is -2.34. The van der Waals surface area contributed by atoms with Crippen molar-refractivity contribution in [1.82, 2.24) is 9.80 Å². The molecule has 0 saturated heterocycles. The first kappa shape index (κ1) is 26.5. The first-order chi connectivity index (χ1) is 18.1. The molecule has 0 unspecified atom stereocenters. The van der Waals surface area contributed by atoms with Crippen LogP contribution in [0.5, 0.6) is 11.5 Å². The maximum Gasteiger partial charge on any atom is 0.134 e. The monoisotopic (exact) mass is 572 g/mol. The summed E-state index contributed by atoms with van der Waals surface area (Å²) in [4.78, 5) is 7.52. The molecule has 2 aromatic heterocycles. The molecule has 4 nitrogen and oxygen atoms in total. The summed E-state index contributed by atoms with van der Waals surface area (Å²) >= 11 is 15.8. The van der Waals surface area contributed by atoms with Crippen molar-refractivity contribution in [3.63, 3.8) is 0 Å². The minimum Gasteiger partial charge on any atom is -0.492 e. The molecular weight excluding hydrogens is 543 g/mol. The summed E-state index contributed by atoms with van der Waals surface area (Å²) in [5.74, 6) is 1.96. The number of hydrogen-bond acceptors (Lipinski definition) is 6. The molecule has 2 aromatic carbocycles. The third kappa shape index (κ3) is 7.73. The maximum absolute atomic E-state index is 6.16. The molecule has 8 heteroatoms. The Morgan fingerprint density at radius 3 is 1.49 bits per heavy atom. The van der Waals surface area contributed by atoms with Gasteiger partial charge in [-0.2, -0.15) is 0 Å². The summed E-state index contributed by atoms with van der Waals surface area (Å²) in [5.41, 5.74) is 2.50. The van der Waals surface area contributed by atoms with Crippen LogP contribution in [0.2, 0.25) is 10.0 Å². The van der Waals surface area contributed by atoms with Gasteiger partial charge >= 0.3 is 0 Å². The van der Waals surface area contributed by atoms with Gasteiger partial charge in [0, 0.05) is 55.7 Å². The van der Waals surface area contributed by atoms with Crippen LogP contribution in [0.1, 0.15) is 27.3 Å². The van der Waals surface area contributed by atoms with E-state index in [4.69, 9.17) is 32.7 Å². The van der Waals surface area contributed by atoms with Crippen LogP contribution in [0.15, 0.2) is 71.4 Å². The highest BCUT2D eigenvalue weighted by Gasteiger charge is 2.18. The molecule has 1 aliphatic rings. The van der Waals surface area contributed by atoms with Gasteiger partial charge in [-0.05, 0) is 58.3 Å². The van der Waals surface area contributed by atoms with E-state index in [1.54, 1.807) is 22.7 Å². The fourth-order valence-corrected chi connectivity index (χ4v) is 6.35. The normalized spacial score (nSPS) is 16.1. The third-order valence-electron chi connectivity index (χ3n) is 6.32. The van der Waals surface area contributed by atoms with Gasteiger partial charge in [0.2, 0.25) is 0 Å². The number of thiophene rings is 2. The molecule has 194 valence electrons. The highest BCUT2D eigenvalue weighted by molar-refractivity contribution is 7.10. The van der Waals surface area contributed by atoms with E-state index < -0.39 is 0 Å². The van der Waals surface area contributed by atoms with Crippen LogP contribution < -0.4 is 9.47 Å². The molecule has 3 heterocycles. The summed E-state index contributed by atoms with van der Waals surface area (Å²) in [6.45, 7) is 6.47. The van der Waals surface area contributed by atoms with Crippen LogP contribution in [-0.4, -0.2) is 36.1 Å². The SMILES string of the molecule is Clc1ccc(CN2CCN(Cc3ccc(Cl)cc3)Cc3sccc3OCCCOc3ccsc3C2)cc1. The maximum atomic E-state index is 6.16. The van der Waals surface area contributed by atoms with Crippen LogP contribution in [-0.2, 0) is 26.2 Å². The number of rotatable bonds is 4. The van der Waals surface area contributed by atoms with Gasteiger partial charge in [-0.25, -0.2) is 0 Å². The van der Waals surface area contributed by atoms with E-state index in [9.17, 15) is 0 Å². The predicted octanol–water partition coefficient (Wildman–Crippen LogP) is 7.98. The molecule has 0 aliphatic carbocycles. The Bertz CT molecular complexity index is 1160. The largest absolute Gasteiger partial charge is 0.492 e. The Morgan fingerprint density at radius 2 is 1.05 bits per heavy atom. The summed E-state index contributed by atoms with van der Waals surface area (Å²) in [5, 5.41) is 5.76. The van der Waals surface area contributed by atoms with E-state index >= 15 is 0 Å². The molecule has 0 N–H and O–H groups in total. The van der Waals surface area contributed by atoms with Crippen LogP contribution >= 0.6 is 45.9 Å². The Kier molecular flexibility index (Phi) is 9.43. The third-order valence-corrected chi connectivity index (χ3v) is 8.60. The second-order valence-corrected chi connectivity index (χ2v) is 12.0. The summed E-state index contributed by atoms with van der Waals surface area (Å²) in [6.07, 6.45) is 0.841. The molecule has 0 saturated carbocycles. The number of fused-ring (bicyclic) bond motifs is 2. The predicted molar refractivity (Wildman–Crippen MR) is 155 cm³/mol. The van der Waals surface area contributed by atoms with E-state index in [1.807, 2.05) is 24.3 Å². The number of benzene rings is 2. The Hall–Kier alpha value is -2.06. The van der Waals surface area contributed by atoms with Gasteiger partial charge in [-0.15, -0.1) is 22.7 Å². The molecule has 5 rings (SSSR count). The van der Waals surface area contributed by atoms with Gasteiger partial charge in [0.25, 0.3) is 0 Å². The summed E-state index contributed by atoms with van der Waals surface area (Å²) in [6, 6.07) is 20.5. The van der Waals surface area contributed by atoms with Crippen LogP contribution in [0.3, 0.4) is 0 Å². The van der Waals surface area contributed by atoms with Gasteiger partial charge in [0.15, 0.2) is 0 Å². The lowest BCUT2D eigenvalue weighted by atomic mass is 10.2. The number of halogens is 2. The van der Waals surface area contributed by atoms with E-state index in [0.29, 0.717) is 13.2 Å². The van der Waals surface area contributed by atoms with Crippen molar-refractivity contribution < 1.29 is 9.47 Å². The molecule has 4 aromatic rings. The standard InChI is InChI=1S/C29H30Cl2N2O2S2/c30-24-6-2-22(3-7-24)18-32-12-13-33(19-23-4-8-25(31)9-5-23)21-29-27(11-17-37-29)35-15-1-14-34-26-10-16-36-28(26)20-32/h2-11,16-17H,1,12-15,18-21H2. The lowest BCUT2D eigenvalue weighted by Gasteiger charge is -2.28. The topological polar surface area (TPSA) is 24.9 Å². The average molecular weight is 574 g/mol. The van der Waals surface area contributed by atoms with E-state index in [0.717, 1.165) is 67.2 Å². The zero-order valence-electron chi connectivity index (χ0n) is 20.6. The van der Waals surface area contributed by atoms with Crippen LogP contribution in [0.4, 0.5) is 0 Å². The zero-order chi connectivity index (χ0) is 25.5. The summed E-state index contributed by atoms with van der Waals surface area (Å²) in [7, 11) is 0. The van der Waals surface area contributed by atoms with Crippen molar-refractivity contribution in [3.8, 4) is 11.5 Å². The smallest absolute Gasteiger partial charge is 0.134 e. The number of ether oxygens (including phenoxy) is 2. The Balaban J connectivity index is 1.40. The first-order valence-corrected chi connectivity index (χ1v) is 15.0. The van der Waals surface area contributed by atoms with Crippen molar-refractivity contribution in [2.45, 2.75) is 32.6 Å². The fraction of sp³-hybridized carbons (Fsp3) is 0.310. The molecule has 0 radical (unpaired) electrons. The van der Waals surface area contributed by atoms with E-state index in [-0.39, 0.29) is 0 Å². The van der Waals surface area contributed by atoms with Crippen molar-refractivity contribution in [2.24, 2.45) is 0 Å². The van der Waals surface area contributed by atoms with Crippen LogP contribution in [0.25, 0.3) is 0 Å². The Morgan fingerprint density at radius 1 is 0.622 bits per heavy atom. The molecular formula is C29H30Cl2N2O2S2. The number of nitrogens with zero attached hydrogens (tertiary/aromatic N) is 2. The minimum absolute atomic E-state index is 0.642. The van der Waals surface area contributed by atoms with Crippen LogP contribution in [0, 0.1) is 0 Å². The summed E-state index contributed by atoms with van der Waals surface area (Å²) < 4.78 is 12.3. The second-order valence-electron chi connectivity index (χ2n) is 9.14. The van der Waals surface area contributed by atoms with Gasteiger partial charge < -0.3 is 9.47 Å². The van der Waals surface area contributed by atoms with Gasteiger partial charge in [-0.1, -0.05) is 47.5 Å². The van der Waals surface area contributed by atoms with Gasteiger partial charge in [0.1, 0.15) is 11.5 Å². The highest BCUT2D eigenvalue weighted by Crippen LogP contribution is 2.30. The molecule has 0 fully saturated rings. The Labute approximate surface area is 237 Å². The van der Waals surface area contributed by atoms with Crippen molar-refractivity contribution >= 4 is 45.9 Å². The number of hydrogen-bond donors (Lipinski definition) is 0. The fourth-order valence-electron chi connectivity index (χ4n) is 4.38. The van der Waals surface area contributed by atoms with Gasteiger partial charge in [0.05, 0.1) is 23.0 Å². The molecule has 0 spiro atoms. The minimum atomic E-state index is 0.642. The quantitative estimate of drug-likeness (QED) is 0.247. The molecule has 37 heavy (non-hydrogen) atoms. The highest BCUT2D eigenvalue weighted by atomic mass is 35.5. The van der Waals surface area contributed by atoms with Gasteiger partial charge in [-0.3, -0.25) is 9.80 Å². The van der Waals surface area contributed by atoms with Crippen molar-refractivity contribution in [3.05, 3.63) is 102 Å². The molecule has 1 aliphatic heterocycles. The van der Waals surface area contributed by atoms with Crippen molar-refractivity contribution in [1.29, 1.82) is 0 Å². The van der Waals surface area contributed by atoms with E-state index in [1.165, 1.54) is 20.9 Å². The zero-order valence-corrected chi connectivity index (χ0v) is 23.7. The lowest BCUT2D eigenvalue weighted by molar-refractivity contribution is 0.182.